The van der Waals surface area contributed by atoms with Crippen LogP contribution in [0.2, 0.25) is 0 Å². The zero-order valence-corrected chi connectivity index (χ0v) is 13.5. The van der Waals surface area contributed by atoms with Crippen LogP contribution >= 0.6 is 0 Å². The number of rotatable bonds is 7. The van der Waals surface area contributed by atoms with Gasteiger partial charge < -0.3 is 15.2 Å². The minimum atomic E-state index is -0.595. The fourth-order valence-corrected chi connectivity index (χ4v) is 2.62. The van der Waals surface area contributed by atoms with Crippen LogP contribution in [-0.2, 0) is 14.3 Å². The summed E-state index contributed by atoms with van der Waals surface area (Å²) in [5, 5.41) is 12.3. The Hall–Kier alpha value is -1.14. The normalized spacial score (nSPS) is 23.4. The molecule has 0 radical (unpaired) electrons. The van der Waals surface area contributed by atoms with E-state index < -0.39 is 12.0 Å². The maximum Gasteiger partial charge on any atom is 0.328 e. The lowest BCUT2D eigenvalue weighted by Crippen LogP contribution is -2.48. The van der Waals surface area contributed by atoms with E-state index in [1.165, 1.54) is 7.11 Å². The van der Waals surface area contributed by atoms with Gasteiger partial charge in [0.15, 0.2) is 0 Å². The summed E-state index contributed by atoms with van der Waals surface area (Å²) in [7, 11) is 1.33. The van der Waals surface area contributed by atoms with Crippen LogP contribution in [0.25, 0.3) is 0 Å². The van der Waals surface area contributed by atoms with Crippen molar-refractivity contribution in [3.63, 3.8) is 0 Å². The Kier molecular flexibility index (Phi) is 7.11. The first-order chi connectivity index (χ1) is 9.88. The maximum atomic E-state index is 12.1. The lowest BCUT2D eigenvalue weighted by Gasteiger charge is -2.23. The monoisotopic (exact) mass is 300 g/mol. The van der Waals surface area contributed by atoms with Gasteiger partial charge in [-0.25, -0.2) is 4.79 Å². The third kappa shape index (κ3) is 5.28. The molecule has 1 amide bonds. The van der Waals surface area contributed by atoms with Gasteiger partial charge >= 0.3 is 5.97 Å². The smallest absolute Gasteiger partial charge is 0.328 e. The van der Waals surface area contributed by atoms with E-state index in [0.29, 0.717) is 0 Å². The second-order valence-electron chi connectivity index (χ2n) is 5.98. The molecule has 21 heavy (non-hydrogen) atoms. The van der Waals surface area contributed by atoms with Crippen LogP contribution in [0.4, 0.5) is 0 Å². The Morgan fingerprint density at radius 1 is 1.43 bits per heavy atom. The molecule has 0 saturated carbocycles. The van der Waals surface area contributed by atoms with Crippen molar-refractivity contribution in [1.82, 2.24) is 10.2 Å². The number of likely N-dealkylation sites (tertiary alicyclic amines) is 1. The first-order valence-electron chi connectivity index (χ1n) is 7.66. The Labute approximate surface area is 126 Å². The van der Waals surface area contributed by atoms with Gasteiger partial charge in [0.25, 0.3) is 0 Å². The molecule has 1 aliphatic rings. The topological polar surface area (TPSA) is 78.9 Å². The fraction of sp³-hybridized carbons (Fsp3) is 0.867. The van der Waals surface area contributed by atoms with E-state index in [-0.39, 0.29) is 30.4 Å². The molecule has 1 heterocycles. The van der Waals surface area contributed by atoms with Gasteiger partial charge in [-0.2, -0.15) is 0 Å². The molecule has 1 fully saturated rings. The van der Waals surface area contributed by atoms with Gasteiger partial charge in [0.2, 0.25) is 5.91 Å². The summed E-state index contributed by atoms with van der Waals surface area (Å²) >= 11 is 0. The molecule has 122 valence electrons. The summed E-state index contributed by atoms with van der Waals surface area (Å²) in [6, 6.07) is -0.595. The van der Waals surface area contributed by atoms with Crippen molar-refractivity contribution < 1.29 is 19.4 Å². The highest BCUT2D eigenvalue weighted by Gasteiger charge is 2.30. The van der Waals surface area contributed by atoms with Gasteiger partial charge in [-0.05, 0) is 31.7 Å². The molecule has 0 spiro atoms. The van der Waals surface area contributed by atoms with Crippen molar-refractivity contribution in [1.29, 1.82) is 0 Å². The number of ether oxygens (including phenoxy) is 1. The lowest BCUT2D eigenvalue weighted by atomic mass is 9.99. The van der Waals surface area contributed by atoms with E-state index in [0.717, 1.165) is 25.9 Å². The molecule has 0 aromatic heterocycles. The molecule has 4 unspecified atom stereocenters. The number of carbonyl (C=O) groups excluding carboxylic acids is 2. The maximum absolute atomic E-state index is 12.1. The second kappa shape index (κ2) is 8.34. The molecule has 0 aromatic carbocycles. The Morgan fingerprint density at radius 3 is 2.57 bits per heavy atom. The Bertz CT molecular complexity index is 360. The number of amides is 1. The number of esters is 1. The van der Waals surface area contributed by atoms with E-state index in [1.54, 1.807) is 6.92 Å². The molecule has 1 aliphatic heterocycles. The summed E-state index contributed by atoms with van der Waals surface area (Å²) in [5.74, 6) is -0.313. The van der Waals surface area contributed by atoms with Crippen LogP contribution in [-0.4, -0.2) is 60.8 Å². The summed E-state index contributed by atoms with van der Waals surface area (Å²) in [4.78, 5) is 25.9. The summed E-state index contributed by atoms with van der Waals surface area (Å²) in [6.07, 6.45) is 1.34. The van der Waals surface area contributed by atoms with E-state index in [9.17, 15) is 14.7 Å². The number of nitrogens with zero attached hydrogens (tertiary/aromatic N) is 1. The SMILES string of the molecule is CCC(C)C(NC(=O)CN1CCC(C(C)O)C1)C(=O)OC. The quantitative estimate of drug-likeness (QED) is 0.665. The fourth-order valence-electron chi connectivity index (χ4n) is 2.62. The second-order valence-corrected chi connectivity index (χ2v) is 5.98. The van der Waals surface area contributed by atoms with E-state index in [2.05, 4.69) is 5.32 Å². The predicted molar refractivity (Wildman–Crippen MR) is 79.6 cm³/mol. The van der Waals surface area contributed by atoms with Gasteiger partial charge in [0, 0.05) is 6.54 Å². The molecule has 1 rings (SSSR count). The van der Waals surface area contributed by atoms with Crippen LogP contribution in [0.15, 0.2) is 0 Å². The van der Waals surface area contributed by atoms with Crippen molar-refractivity contribution in [2.45, 2.75) is 45.8 Å². The van der Waals surface area contributed by atoms with Crippen molar-refractivity contribution in [2.75, 3.05) is 26.7 Å². The van der Waals surface area contributed by atoms with Gasteiger partial charge in [-0.1, -0.05) is 20.3 Å². The molecular weight excluding hydrogens is 272 g/mol. The molecular formula is C15H28N2O4. The van der Waals surface area contributed by atoms with E-state index in [1.807, 2.05) is 18.7 Å². The van der Waals surface area contributed by atoms with Gasteiger partial charge in [-0.15, -0.1) is 0 Å². The van der Waals surface area contributed by atoms with Gasteiger partial charge in [0.1, 0.15) is 6.04 Å². The minimum Gasteiger partial charge on any atom is -0.467 e. The molecule has 0 aliphatic carbocycles. The number of aliphatic hydroxyl groups is 1. The molecule has 4 atom stereocenters. The van der Waals surface area contributed by atoms with Crippen molar-refractivity contribution in [3.8, 4) is 0 Å². The Balaban J connectivity index is 2.49. The van der Waals surface area contributed by atoms with Crippen LogP contribution in [0.3, 0.4) is 0 Å². The minimum absolute atomic E-state index is 0.0326. The number of aliphatic hydroxyl groups excluding tert-OH is 1. The number of nitrogens with one attached hydrogen (secondary N) is 1. The van der Waals surface area contributed by atoms with Crippen LogP contribution in [0.1, 0.15) is 33.6 Å². The molecule has 1 saturated heterocycles. The number of hydrogen-bond acceptors (Lipinski definition) is 5. The van der Waals surface area contributed by atoms with Crippen molar-refractivity contribution in [3.05, 3.63) is 0 Å². The predicted octanol–water partition coefficient (Wildman–Crippen LogP) is 0.393. The average Bonchev–Trinajstić information content (AvgIpc) is 2.91. The van der Waals surface area contributed by atoms with Gasteiger partial charge in [0.05, 0.1) is 19.8 Å². The summed E-state index contributed by atoms with van der Waals surface area (Å²) in [6.45, 7) is 7.45. The van der Waals surface area contributed by atoms with Crippen LogP contribution in [0, 0.1) is 11.8 Å². The highest BCUT2D eigenvalue weighted by Crippen LogP contribution is 2.19. The standard InChI is InChI=1S/C15H28N2O4/c1-5-10(2)14(15(20)21-4)16-13(19)9-17-7-6-12(8-17)11(3)18/h10-12,14,18H,5-9H2,1-4H3,(H,16,19). The van der Waals surface area contributed by atoms with E-state index >= 15 is 0 Å². The number of hydrogen-bond donors (Lipinski definition) is 2. The molecule has 6 heteroatoms. The molecule has 0 aromatic rings. The first kappa shape index (κ1) is 17.9. The highest BCUT2D eigenvalue weighted by atomic mass is 16.5. The average molecular weight is 300 g/mol. The lowest BCUT2D eigenvalue weighted by molar-refractivity contribution is -0.146. The summed E-state index contributed by atoms with van der Waals surface area (Å²) < 4.78 is 4.75. The Morgan fingerprint density at radius 2 is 2.10 bits per heavy atom. The first-order valence-corrected chi connectivity index (χ1v) is 7.66. The van der Waals surface area contributed by atoms with Crippen molar-refractivity contribution in [2.24, 2.45) is 11.8 Å². The molecule has 6 nitrogen and oxygen atoms in total. The van der Waals surface area contributed by atoms with Gasteiger partial charge in [-0.3, -0.25) is 9.69 Å². The highest BCUT2D eigenvalue weighted by molar-refractivity contribution is 5.85. The largest absolute Gasteiger partial charge is 0.467 e. The number of methoxy groups -OCH3 is 1. The van der Waals surface area contributed by atoms with Crippen molar-refractivity contribution >= 4 is 11.9 Å². The third-order valence-corrected chi connectivity index (χ3v) is 4.34. The number of carbonyl (C=O) groups is 2. The summed E-state index contributed by atoms with van der Waals surface area (Å²) in [5.41, 5.74) is 0. The van der Waals surface area contributed by atoms with Crippen LogP contribution < -0.4 is 5.32 Å². The molecule has 2 N–H and O–H groups in total. The third-order valence-electron chi connectivity index (χ3n) is 4.34. The van der Waals surface area contributed by atoms with E-state index in [4.69, 9.17) is 4.74 Å². The molecule has 0 bridgehead atoms. The zero-order valence-electron chi connectivity index (χ0n) is 13.5. The zero-order chi connectivity index (χ0) is 16.0. The van der Waals surface area contributed by atoms with Crippen LogP contribution in [0.5, 0.6) is 0 Å².